The molecule has 0 saturated carbocycles. The van der Waals surface area contributed by atoms with Crippen molar-refractivity contribution in [2.75, 3.05) is 19.6 Å². The van der Waals surface area contributed by atoms with Gasteiger partial charge in [-0.15, -0.1) is 0 Å². The molecule has 1 saturated heterocycles. The molecular weight excluding hydrogens is 241 g/mol. The molecule has 2 N–H and O–H groups in total. The number of nitrogens with zero attached hydrogens (tertiary/aromatic N) is 1. The van der Waals surface area contributed by atoms with Crippen molar-refractivity contribution in [1.82, 2.24) is 4.90 Å². The molecule has 1 aliphatic heterocycles. The van der Waals surface area contributed by atoms with Crippen molar-refractivity contribution >= 4 is 0 Å². The second-order valence-corrected chi connectivity index (χ2v) is 4.82. The van der Waals surface area contributed by atoms with Gasteiger partial charge in [0.15, 0.2) is 0 Å². The number of piperidine rings is 1. The Morgan fingerprint density at radius 2 is 1.72 bits per heavy atom. The maximum absolute atomic E-state index is 14.0. The van der Waals surface area contributed by atoms with E-state index in [1.165, 1.54) is 0 Å². The van der Waals surface area contributed by atoms with Gasteiger partial charge in [0.1, 0.15) is 5.82 Å². The molecule has 0 amide bonds. The van der Waals surface area contributed by atoms with Crippen molar-refractivity contribution in [3.63, 3.8) is 0 Å². The largest absolute Gasteiger partial charge is 0.328 e. The summed E-state index contributed by atoms with van der Waals surface area (Å²) < 4.78 is 40.7. The lowest BCUT2D eigenvalue weighted by atomic mass is 10.0. The third-order valence-electron chi connectivity index (χ3n) is 3.32. The monoisotopic (exact) mass is 258 g/mol. The Morgan fingerprint density at radius 3 is 2.28 bits per heavy atom. The van der Waals surface area contributed by atoms with Gasteiger partial charge in [-0.05, 0) is 38.1 Å². The molecule has 0 radical (unpaired) electrons. The number of hydrogen-bond acceptors (Lipinski definition) is 2. The highest BCUT2D eigenvalue weighted by molar-refractivity contribution is 5.21. The average Bonchev–Trinajstić information content (AvgIpc) is 2.32. The van der Waals surface area contributed by atoms with Gasteiger partial charge in [0.25, 0.3) is 5.92 Å². The van der Waals surface area contributed by atoms with Crippen molar-refractivity contribution in [2.24, 2.45) is 5.73 Å². The van der Waals surface area contributed by atoms with Crippen LogP contribution in [-0.2, 0) is 5.92 Å². The Hall–Kier alpha value is -1.07. The van der Waals surface area contributed by atoms with E-state index in [-0.39, 0.29) is 18.2 Å². The van der Waals surface area contributed by atoms with Crippen molar-refractivity contribution in [2.45, 2.75) is 24.8 Å². The summed E-state index contributed by atoms with van der Waals surface area (Å²) in [7, 11) is 0. The van der Waals surface area contributed by atoms with Crippen molar-refractivity contribution in [3.8, 4) is 0 Å². The maximum Gasteiger partial charge on any atom is 0.285 e. The number of nitrogens with two attached hydrogens (primary N) is 1. The third-order valence-corrected chi connectivity index (χ3v) is 3.32. The fourth-order valence-electron chi connectivity index (χ4n) is 2.18. The van der Waals surface area contributed by atoms with E-state index in [0.29, 0.717) is 13.1 Å². The molecule has 1 aromatic rings. The van der Waals surface area contributed by atoms with Crippen molar-refractivity contribution < 1.29 is 13.2 Å². The quantitative estimate of drug-likeness (QED) is 0.901. The molecule has 2 nitrogen and oxygen atoms in total. The molecular formula is C13H17F3N2. The number of alkyl halides is 2. The predicted molar refractivity (Wildman–Crippen MR) is 63.9 cm³/mol. The highest BCUT2D eigenvalue weighted by Crippen LogP contribution is 2.29. The Balaban J connectivity index is 2.00. The van der Waals surface area contributed by atoms with Crippen LogP contribution in [0.25, 0.3) is 0 Å². The third kappa shape index (κ3) is 3.23. The molecule has 0 atom stereocenters. The molecule has 0 unspecified atom stereocenters. The molecule has 100 valence electrons. The van der Waals surface area contributed by atoms with Crippen LogP contribution in [0.3, 0.4) is 0 Å². The van der Waals surface area contributed by atoms with Crippen LogP contribution in [0.15, 0.2) is 24.3 Å². The first-order chi connectivity index (χ1) is 8.47. The Kier molecular flexibility index (Phi) is 3.92. The first-order valence-corrected chi connectivity index (χ1v) is 6.09. The zero-order chi connectivity index (χ0) is 13.2. The fourth-order valence-corrected chi connectivity index (χ4v) is 2.18. The minimum absolute atomic E-state index is 0.126. The normalized spacial score (nSPS) is 19.1. The second kappa shape index (κ2) is 5.28. The van der Waals surface area contributed by atoms with E-state index in [1.807, 2.05) is 0 Å². The predicted octanol–water partition coefficient (Wildman–Crippen LogP) is 2.34. The topological polar surface area (TPSA) is 29.3 Å². The molecule has 1 heterocycles. The summed E-state index contributed by atoms with van der Waals surface area (Å²) in [5.41, 5.74) is 5.59. The highest BCUT2D eigenvalue weighted by Gasteiger charge is 2.34. The minimum atomic E-state index is -2.95. The van der Waals surface area contributed by atoms with Crippen LogP contribution in [0.1, 0.15) is 18.4 Å². The highest BCUT2D eigenvalue weighted by atomic mass is 19.3. The molecule has 1 aromatic carbocycles. The second-order valence-electron chi connectivity index (χ2n) is 4.82. The fraction of sp³-hybridized carbons (Fsp3) is 0.538. The van der Waals surface area contributed by atoms with E-state index in [4.69, 9.17) is 5.73 Å². The summed E-state index contributed by atoms with van der Waals surface area (Å²) in [6, 6.07) is 4.54. The van der Waals surface area contributed by atoms with Crippen molar-refractivity contribution in [1.29, 1.82) is 0 Å². The van der Waals surface area contributed by atoms with Crippen LogP contribution < -0.4 is 5.73 Å². The van der Waals surface area contributed by atoms with Crippen LogP contribution in [0.2, 0.25) is 0 Å². The van der Waals surface area contributed by atoms with Gasteiger partial charge in [-0.2, -0.15) is 8.78 Å². The number of likely N-dealkylation sites (tertiary alicyclic amines) is 1. The van der Waals surface area contributed by atoms with E-state index in [1.54, 1.807) is 4.90 Å². The molecule has 0 aromatic heterocycles. The lowest BCUT2D eigenvalue weighted by molar-refractivity contribution is -0.0425. The van der Waals surface area contributed by atoms with E-state index in [2.05, 4.69) is 0 Å². The summed E-state index contributed by atoms with van der Waals surface area (Å²) >= 11 is 0. The minimum Gasteiger partial charge on any atom is -0.328 e. The SMILES string of the molecule is NC1CCN(CC(F)(F)c2ccc(F)cc2)CC1. The molecule has 18 heavy (non-hydrogen) atoms. The molecule has 1 fully saturated rings. The summed E-state index contributed by atoms with van der Waals surface area (Å²) in [6.45, 7) is 0.862. The van der Waals surface area contributed by atoms with Crippen molar-refractivity contribution in [3.05, 3.63) is 35.6 Å². The molecule has 0 spiro atoms. The van der Waals surface area contributed by atoms with Gasteiger partial charge >= 0.3 is 0 Å². The Bertz CT molecular complexity index is 384. The summed E-state index contributed by atoms with van der Waals surface area (Å²) in [4.78, 5) is 1.71. The van der Waals surface area contributed by atoms with Gasteiger partial charge in [-0.25, -0.2) is 4.39 Å². The molecule has 5 heteroatoms. The van der Waals surface area contributed by atoms with E-state index < -0.39 is 11.7 Å². The Morgan fingerprint density at radius 1 is 1.17 bits per heavy atom. The average molecular weight is 258 g/mol. The number of benzene rings is 1. The smallest absolute Gasteiger partial charge is 0.285 e. The van der Waals surface area contributed by atoms with Gasteiger partial charge in [0.05, 0.1) is 6.54 Å². The zero-order valence-corrected chi connectivity index (χ0v) is 10.1. The van der Waals surface area contributed by atoms with Crippen LogP contribution in [0.5, 0.6) is 0 Å². The standard InChI is InChI=1S/C13H17F3N2/c14-11-3-1-10(2-4-11)13(15,16)9-18-7-5-12(17)6-8-18/h1-4,12H,5-9,17H2. The van der Waals surface area contributed by atoms with Crippen LogP contribution in [0.4, 0.5) is 13.2 Å². The lowest BCUT2D eigenvalue weighted by Gasteiger charge is -2.32. The number of hydrogen-bond donors (Lipinski definition) is 1. The van der Waals surface area contributed by atoms with E-state index in [9.17, 15) is 13.2 Å². The Labute approximate surface area is 105 Å². The zero-order valence-electron chi connectivity index (χ0n) is 10.1. The van der Waals surface area contributed by atoms with E-state index in [0.717, 1.165) is 37.1 Å². The van der Waals surface area contributed by atoms with Crippen LogP contribution >= 0.6 is 0 Å². The van der Waals surface area contributed by atoms with Crippen LogP contribution in [0, 0.1) is 5.82 Å². The lowest BCUT2D eigenvalue weighted by Crippen LogP contribution is -2.44. The van der Waals surface area contributed by atoms with Crippen LogP contribution in [-0.4, -0.2) is 30.6 Å². The first-order valence-electron chi connectivity index (χ1n) is 6.09. The van der Waals surface area contributed by atoms with Gasteiger partial charge in [-0.3, -0.25) is 4.90 Å². The molecule has 0 aliphatic carbocycles. The number of halogens is 3. The van der Waals surface area contributed by atoms with Gasteiger partial charge in [0, 0.05) is 11.6 Å². The summed E-state index contributed by atoms with van der Waals surface area (Å²) in [5.74, 6) is -3.45. The van der Waals surface area contributed by atoms with Gasteiger partial charge in [-0.1, -0.05) is 12.1 Å². The van der Waals surface area contributed by atoms with E-state index >= 15 is 0 Å². The van der Waals surface area contributed by atoms with Gasteiger partial charge in [0.2, 0.25) is 0 Å². The molecule has 0 bridgehead atoms. The first kappa shape index (κ1) is 13.4. The maximum atomic E-state index is 14.0. The number of rotatable bonds is 3. The van der Waals surface area contributed by atoms with Gasteiger partial charge < -0.3 is 5.73 Å². The summed E-state index contributed by atoms with van der Waals surface area (Å²) in [5, 5.41) is 0. The molecule has 2 rings (SSSR count). The molecule has 1 aliphatic rings. The summed E-state index contributed by atoms with van der Waals surface area (Å²) in [6.07, 6.45) is 1.50.